The van der Waals surface area contributed by atoms with Crippen molar-refractivity contribution in [3.63, 3.8) is 0 Å². The van der Waals surface area contributed by atoms with E-state index in [4.69, 9.17) is 0 Å². The minimum atomic E-state index is -0.552. The molecular formula is C9H9BrN2O. The predicted octanol–water partition coefficient (Wildman–Crippen LogP) is 2.31. The highest BCUT2D eigenvalue weighted by molar-refractivity contribution is 9.10. The lowest BCUT2D eigenvalue weighted by Crippen LogP contribution is -2.02. The molecular weight excluding hydrogens is 232 g/mol. The number of hydrogen-bond donors (Lipinski definition) is 1. The molecule has 0 saturated carbocycles. The summed E-state index contributed by atoms with van der Waals surface area (Å²) >= 11 is 3.41. The normalized spacial score (nSPS) is 13.5. The first-order valence-electron chi connectivity index (χ1n) is 3.99. The zero-order valence-corrected chi connectivity index (χ0v) is 8.69. The summed E-state index contributed by atoms with van der Waals surface area (Å²) in [7, 11) is 0. The van der Waals surface area contributed by atoms with Gasteiger partial charge in [-0.15, -0.1) is 0 Å². The number of pyridine rings is 1. The predicted molar refractivity (Wildman–Crippen MR) is 54.4 cm³/mol. The van der Waals surface area contributed by atoms with E-state index in [-0.39, 0.29) is 0 Å². The molecule has 0 bridgehead atoms. The number of rotatable bonds is 1. The number of aliphatic hydroxyl groups is 1. The highest BCUT2D eigenvalue weighted by atomic mass is 79.9. The third-order valence-corrected chi connectivity index (χ3v) is 2.58. The first kappa shape index (κ1) is 8.72. The van der Waals surface area contributed by atoms with Gasteiger partial charge in [-0.05, 0) is 35.0 Å². The minimum absolute atomic E-state index is 0.552. The van der Waals surface area contributed by atoms with Crippen LogP contribution in [0.1, 0.15) is 13.2 Å². The molecule has 2 aromatic heterocycles. The average molecular weight is 241 g/mol. The number of halogens is 1. The Kier molecular flexibility index (Phi) is 2.09. The first-order chi connectivity index (χ1) is 6.20. The smallest absolute Gasteiger partial charge is 0.143 e. The molecule has 2 aromatic rings. The maximum Gasteiger partial charge on any atom is 0.143 e. The van der Waals surface area contributed by atoms with Crippen LogP contribution < -0.4 is 0 Å². The number of fused-ring (bicyclic) bond motifs is 1. The molecule has 3 nitrogen and oxygen atoms in total. The molecule has 0 radical (unpaired) electrons. The maximum absolute atomic E-state index is 9.44. The molecule has 0 saturated heterocycles. The largest absolute Gasteiger partial charge is 0.374 e. The third kappa shape index (κ3) is 1.36. The molecule has 0 amide bonds. The molecule has 0 fully saturated rings. The van der Waals surface area contributed by atoms with Crippen LogP contribution in [0.3, 0.4) is 0 Å². The van der Waals surface area contributed by atoms with Gasteiger partial charge in [0.25, 0.3) is 0 Å². The highest BCUT2D eigenvalue weighted by Gasteiger charge is 2.09. The van der Waals surface area contributed by atoms with Crippen LogP contribution in [0.5, 0.6) is 0 Å². The summed E-state index contributed by atoms with van der Waals surface area (Å²) in [5.41, 5.74) is 0.796. The van der Waals surface area contributed by atoms with Gasteiger partial charge in [0.05, 0.1) is 0 Å². The Morgan fingerprint density at radius 1 is 1.62 bits per heavy atom. The molecule has 68 valence electrons. The van der Waals surface area contributed by atoms with Crippen LogP contribution in [0.4, 0.5) is 0 Å². The molecule has 0 aliphatic carbocycles. The van der Waals surface area contributed by atoms with E-state index in [1.54, 1.807) is 17.7 Å². The van der Waals surface area contributed by atoms with Gasteiger partial charge in [-0.3, -0.25) is 0 Å². The first-order valence-corrected chi connectivity index (χ1v) is 4.78. The zero-order chi connectivity index (χ0) is 9.42. The fraction of sp³-hybridized carbons (Fsp3) is 0.222. The van der Waals surface area contributed by atoms with Gasteiger partial charge in [0.15, 0.2) is 0 Å². The van der Waals surface area contributed by atoms with E-state index in [1.807, 2.05) is 18.3 Å². The number of nitrogens with zero attached hydrogens (tertiary/aromatic N) is 2. The molecule has 4 heteroatoms. The molecule has 1 atom stereocenters. The maximum atomic E-state index is 9.44. The molecule has 1 N–H and O–H groups in total. The van der Waals surface area contributed by atoms with Crippen molar-refractivity contribution in [1.29, 1.82) is 0 Å². The second kappa shape index (κ2) is 3.12. The van der Waals surface area contributed by atoms with Gasteiger partial charge in [-0.2, -0.15) is 0 Å². The lowest BCUT2D eigenvalue weighted by molar-refractivity contribution is 0.129. The molecule has 0 aromatic carbocycles. The van der Waals surface area contributed by atoms with Crippen LogP contribution >= 0.6 is 15.9 Å². The van der Waals surface area contributed by atoms with Crippen LogP contribution in [-0.2, 0) is 0 Å². The van der Waals surface area contributed by atoms with E-state index >= 15 is 0 Å². The van der Waals surface area contributed by atoms with Crippen molar-refractivity contribution in [3.8, 4) is 0 Å². The molecule has 2 rings (SSSR count). The van der Waals surface area contributed by atoms with E-state index in [0.717, 1.165) is 15.5 Å². The minimum Gasteiger partial charge on any atom is -0.374 e. The van der Waals surface area contributed by atoms with Gasteiger partial charge in [0, 0.05) is 22.3 Å². The number of aliphatic hydroxyl groups excluding tert-OH is 1. The van der Waals surface area contributed by atoms with Crippen molar-refractivity contribution in [2.24, 2.45) is 0 Å². The lowest BCUT2D eigenvalue weighted by atomic mass is 10.3. The Hall–Kier alpha value is -0.870. The summed E-state index contributed by atoms with van der Waals surface area (Å²) in [5, 5.41) is 10.5. The standard InChI is InChI=1S/C9H9BrN2O/c1-6(13)12-5-8(10)7-3-2-4-11-9(7)12/h2-6,13H,1H3. The van der Waals surface area contributed by atoms with Gasteiger partial charge in [-0.25, -0.2) is 4.98 Å². The topological polar surface area (TPSA) is 38.0 Å². The second-order valence-corrected chi connectivity index (χ2v) is 3.75. The Balaban J connectivity index is 2.78. The van der Waals surface area contributed by atoms with Gasteiger partial charge in [-0.1, -0.05) is 0 Å². The Bertz CT molecular complexity index is 436. The molecule has 2 heterocycles. The summed E-state index contributed by atoms with van der Waals surface area (Å²) < 4.78 is 2.68. The van der Waals surface area contributed by atoms with Crippen molar-refractivity contribution < 1.29 is 5.11 Å². The quantitative estimate of drug-likeness (QED) is 0.831. The monoisotopic (exact) mass is 240 g/mol. The summed E-state index contributed by atoms with van der Waals surface area (Å²) in [6, 6.07) is 3.84. The van der Waals surface area contributed by atoms with Crippen molar-refractivity contribution in [3.05, 3.63) is 29.0 Å². The van der Waals surface area contributed by atoms with Crippen LogP contribution in [0.25, 0.3) is 11.0 Å². The Morgan fingerprint density at radius 3 is 3.08 bits per heavy atom. The molecule has 1 unspecified atom stereocenters. The SMILES string of the molecule is CC(O)n1cc(Br)c2cccnc21. The van der Waals surface area contributed by atoms with Gasteiger partial charge in [0.1, 0.15) is 11.9 Å². The molecule has 13 heavy (non-hydrogen) atoms. The van der Waals surface area contributed by atoms with E-state index in [0.29, 0.717) is 0 Å². The summed E-state index contributed by atoms with van der Waals surface area (Å²) in [6.45, 7) is 1.71. The summed E-state index contributed by atoms with van der Waals surface area (Å²) in [6.07, 6.45) is 3.00. The van der Waals surface area contributed by atoms with Crippen molar-refractivity contribution >= 4 is 27.0 Å². The Labute approximate surface area is 84.1 Å². The second-order valence-electron chi connectivity index (χ2n) is 2.89. The van der Waals surface area contributed by atoms with Crippen LogP contribution in [0, 0.1) is 0 Å². The summed E-state index contributed by atoms with van der Waals surface area (Å²) in [4.78, 5) is 4.20. The van der Waals surface area contributed by atoms with Crippen molar-refractivity contribution in [1.82, 2.24) is 9.55 Å². The van der Waals surface area contributed by atoms with E-state index in [1.165, 1.54) is 0 Å². The fourth-order valence-corrected chi connectivity index (χ4v) is 1.86. The number of aromatic nitrogens is 2. The van der Waals surface area contributed by atoms with E-state index < -0.39 is 6.23 Å². The third-order valence-electron chi connectivity index (χ3n) is 1.94. The number of hydrogen-bond acceptors (Lipinski definition) is 2. The van der Waals surface area contributed by atoms with Gasteiger partial charge >= 0.3 is 0 Å². The highest BCUT2D eigenvalue weighted by Crippen LogP contribution is 2.26. The van der Waals surface area contributed by atoms with Crippen molar-refractivity contribution in [2.75, 3.05) is 0 Å². The van der Waals surface area contributed by atoms with E-state index in [9.17, 15) is 5.11 Å². The van der Waals surface area contributed by atoms with Gasteiger partial charge < -0.3 is 9.67 Å². The van der Waals surface area contributed by atoms with Crippen LogP contribution in [-0.4, -0.2) is 14.7 Å². The van der Waals surface area contributed by atoms with Gasteiger partial charge in [0.2, 0.25) is 0 Å². The zero-order valence-electron chi connectivity index (χ0n) is 7.11. The lowest BCUT2D eigenvalue weighted by Gasteiger charge is -2.06. The van der Waals surface area contributed by atoms with E-state index in [2.05, 4.69) is 20.9 Å². The molecule has 0 spiro atoms. The molecule has 0 aliphatic heterocycles. The van der Waals surface area contributed by atoms with Crippen LogP contribution in [0.2, 0.25) is 0 Å². The van der Waals surface area contributed by atoms with Crippen LogP contribution in [0.15, 0.2) is 29.0 Å². The summed E-state index contributed by atoms with van der Waals surface area (Å²) in [5.74, 6) is 0. The fourth-order valence-electron chi connectivity index (χ4n) is 1.33. The van der Waals surface area contributed by atoms with Crippen molar-refractivity contribution in [2.45, 2.75) is 13.2 Å². The Morgan fingerprint density at radius 2 is 2.38 bits per heavy atom. The average Bonchev–Trinajstić information content (AvgIpc) is 2.45. The molecule has 0 aliphatic rings.